The van der Waals surface area contributed by atoms with Gasteiger partial charge in [0.15, 0.2) is 0 Å². The molecular weight excluding hydrogens is 295 g/mol. The van der Waals surface area contributed by atoms with Crippen molar-refractivity contribution in [2.45, 2.75) is 19.5 Å². The highest BCUT2D eigenvalue weighted by Gasteiger charge is 2.08. The Morgan fingerprint density at radius 3 is 3.00 bits per heavy atom. The maximum atomic E-state index is 5.32. The molecule has 0 aliphatic rings. The average molecular weight is 306 g/mol. The van der Waals surface area contributed by atoms with E-state index in [0.29, 0.717) is 0 Å². The van der Waals surface area contributed by atoms with E-state index < -0.39 is 0 Å². The number of thiazole rings is 1. The lowest BCUT2D eigenvalue weighted by Crippen LogP contribution is -2.26. The second kappa shape index (κ2) is 4.94. The average Bonchev–Trinajstić information content (AvgIpc) is 2.49. The van der Waals surface area contributed by atoms with E-state index in [1.54, 1.807) is 11.3 Å². The van der Waals surface area contributed by atoms with Crippen LogP contribution in [0.5, 0.6) is 0 Å². The number of halogens is 1. The molecule has 1 atom stereocenters. The molecule has 4 heteroatoms. The van der Waals surface area contributed by atoms with Gasteiger partial charge < -0.3 is 0 Å². The second-order valence-electron chi connectivity index (χ2n) is 2.82. The van der Waals surface area contributed by atoms with Gasteiger partial charge in [-0.2, -0.15) is 0 Å². The predicted molar refractivity (Wildman–Crippen MR) is 64.6 cm³/mol. The van der Waals surface area contributed by atoms with Gasteiger partial charge in [-0.1, -0.05) is 5.92 Å². The highest BCUT2D eigenvalue weighted by molar-refractivity contribution is 14.1. The molecule has 13 heavy (non-hydrogen) atoms. The molecule has 1 aromatic rings. The standard InChI is InChI=1S/C9H11IN2S/c1-4-7(2)12(3)6-9-11-5-8(10)13-9/h1,5,7H,6H2,2-3H3. The van der Waals surface area contributed by atoms with Crippen LogP contribution >= 0.6 is 33.9 Å². The monoisotopic (exact) mass is 306 g/mol. The zero-order chi connectivity index (χ0) is 9.84. The summed E-state index contributed by atoms with van der Waals surface area (Å²) in [5, 5.41) is 1.12. The molecule has 0 N–H and O–H groups in total. The summed E-state index contributed by atoms with van der Waals surface area (Å²) in [7, 11) is 2.01. The van der Waals surface area contributed by atoms with Gasteiger partial charge in [0.2, 0.25) is 0 Å². The minimum absolute atomic E-state index is 0.168. The molecule has 0 spiro atoms. The Labute approximate surface area is 96.5 Å². The first-order valence-corrected chi connectivity index (χ1v) is 5.79. The Morgan fingerprint density at radius 2 is 2.54 bits per heavy atom. The van der Waals surface area contributed by atoms with Crippen molar-refractivity contribution in [2.75, 3.05) is 7.05 Å². The Morgan fingerprint density at radius 1 is 1.85 bits per heavy atom. The summed E-state index contributed by atoms with van der Waals surface area (Å²) in [5.41, 5.74) is 0. The Balaban J connectivity index is 2.55. The van der Waals surface area contributed by atoms with Crippen molar-refractivity contribution in [1.29, 1.82) is 0 Å². The van der Waals surface area contributed by atoms with Crippen LogP contribution in [0.4, 0.5) is 0 Å². The highest BCUT2D eigenvalue weighted by Crippen LogP contribution is 2.16. The van der Waals surface area contributed by atoms with Crippen molar-refractivity contribution in [3.63, 3.8) is 0 Å². The molecule has 1 unspecified atom stereocenters. The summed E-state index contributed by atoms with van der Waals surface area (Å²) in [6, 6.07) is 0.168. The molecule has 1 rings (SSSR count). The first-order valence-electron chi connectivity index (χ1n) is 3.90. The number of hydrogen-bond donors (Lipinski definition) is 0. The van der Waals surface area contributed by atoms with E-state index in [-0.39, 0.29) is 6.04 Å². The number of aromatic nitrogens is 1. The van der Waals surface area contributed by atoms with Crippen molar-refractivity contribution in [2.24, 2.45) is 0 Å². The van der Waals surface area contributed by atoms with Gasteiger partial charge in [-0.15, -0.1) is 17.8 Å². The molecule has 2 nitrogen and oxygen atoms in total. The van der Waals surface area contributed by atoms with Gasteiger partial charge in [-0.3, -0.25) is 4.90 Å². The quantitative estimate of drug-likeness (QED) is 0.629. The van der Waals surface area contributed by atoms with Crippen LogP contribution in [0.3, 0.4) is 0 Å². The molecule has 0 aliphatic carbocycles. The molecule has 1 aromatic heterocycles. The minimum atomic E-state index is 0.168. The summed E-state index contributed by atoms with van der Waals surface area (Å²) in [5.74, 6) is 2.69. The Bertz CT molecular complexity index is 316. The van der Waals surface area contributed by atoms with Crippen LogP contribution in [0.1, 0.15) is 11.9 Å². The van der Waals surface area contributed by atoms with Crippen molar-refractivity contribution in [3.8, 4) is 12.3 Å². The van der Waals surface area contributed by atoms with Crippen molar-refractivity contribution in [1.82, 2.24) is 9.88 Å². The molecule has 1 heterocycles. The third kappa shape index (κ3) is 3.25. The molecule has 0 fully saturated rings. The van der Waals surface area contributed by atoms with Crippen molar-refractivity contribution >= 4 is 33.9 Å². The SMILES string of the molecule is C#CC(C)N(C)Cc1ncc(I)s1. The molecule has 70 valence electrons. The van der Waals surface area contributed by atoms with Crippen LogP contribution in [0.15, 0.2) is 6.20 Å². The Kier molecular flexibility index (Phi) is 4.16. The van der Waals surface area contributed by atoms with E-state index in [1.807, 2.05) is 20.2 Å². The van der Waals surface area contributed by atoms with E-state index in [9.17, 15) is 0 Å². The van der Waals surface area contributed by atoms with Crippen molar-refractivity contribution in [3.05, 3.63) is 14.1 Å². The van der Waals surface area contributed by atoms with Crippen molar-refractivity contribution < 1.29 is 0 Å². The lowest BCUT2D eigenvalue weighted by Gasteiger charge is -2.18. The smallest absolute Gasteiger partial charge is 0.108 e. The third-order valence-corrected chi connectivity index (χ3v) is 3.52. The van der Waals surface area contributed by atoms with Crippen LogP contribution in [-0.2, 0) is 6.54 Å². The molecule has 0 saturated carbocycles. The van der Waals surface area contributed by atoms with E-state index in [0.717, 1.165) is 11.6 Å². The molecule has 0 amide bonds. The summed E-state index contributed by atoms with van der Waals surface area (Å²) < 4.78 is 1.22. The summed E-state index contributed by atoms with van der Waals surface area (Å²) in [4.78, 5) is 6.38. The summed E-state index contributed by atoms with van der Waals surface area (Å²) in [6.45, 7) is 2.84. The molecule has 0 bridgehead atoms. The number of terminal acetylenes is 1. The fourth-order valence-electron chi connectivity index (χ4n) is 0.839. The minimum Gasteiger partial charge on any atom is -0.286 e. The zero-order valence-corrected chi connectivity index (χ0v) is 10.6. The van der Waals surface area contributed by atoms with Gasteiger partial charge in [0.05, 0.1) is 21.7 Å². The largest absolute Gasteiger partial charge is 0.286 e. The molecule has 0 aromatic carbocycles. The van der Waals surface area contributed by atoms with Gasteiger partial charge in [0, 0.05) is 0 Å². The van der Waals surface area contributed by atoms with Crippen LogP contribution in [0.25, 0.3) is 0 Å². The third-order valence-electron chi connectivity index (χ3n) is 1.81. The van der Waals surface area contributed by atoms with Gasteiger partial charge in [-0.25, -0.2) is 4.98 Å². The fourth-order valence-corrected chi connectivity index (χ4v) is 2.44. The lowest BCUT2D eigenvalue weighted by atomic mass is 10.3. The normalized spacial score (nSPS) is 12.8. The first kappa shape index (κ1) is 11.0. The van der Waals surface area contributed by atoms with E-state index in [1.165, 1.54) is 2.88 Å². The van der Waals surface area contributed by atoms with Gasteiger partial charge in [0.1, 0.15) is 5.01 Å². The van der Waals surface area contributed by atoms with E-state index >= 15 is 0 Å². The Hall–Kier alpha value is -0.120. The van der Waals surface area contributed by atoms with Crippen LogP contribution in [0, 0.1) is 15.2 Å². The van der Waals surface area contributed by atoms with Gasteiger partial charge in [-0.05, 0) is 36.6 Å². The predicted octanol–water partition coefficient (Wildman–Crippen LogP) is 2.20. The van der Waals surface area contributed by atoms with Gasteiger partial charge >= 0.3 is 0 Å². The van der Waals surface area contributed by atoms with Crippen LogP contribution in [0.2, 0.25) is 0 Å². The van der Waals surface area contributed by atoms with E-state index in [4.69, 9.17) is 6.42 Å². The second-order valence-corrected chi connectivity index (χ2v) is 5.83. The molecule has 0 aliphatic heterocycles. The topological polar surface area (TPSA) is 16.1 Å². The summed E-state index contributed by atoms with van der Waals surface area (Å²) in [6.07, 6.45) is 7.21. The molecular formula is C9H11IN2S. The molecule has 0 saturated heterocycles. The highest BCUT2D eigenvalue weighted by atomic mass is 127. The fraction of sp³-hybridized carbons (Fsp3) is 0.444. The van der Waals surface area contributed by atoms with Crippen LogP contribution in [-0.4, -0.2) is 23.0 Å². The number of rotatable bonds is 3. The first-order chi connectivity index (χ1) is 6.13. The number of nitrogens with zero attached hydrogens (tertiary/aromatic N) is 2. The zero-order valence-electron chi connectivity index (χ0n) is 7.62. The maximum absolute atomic E-state index is 5.32. The maximum Gasteiger partial charge on any atom is 0.108 e. The molecule has 0 radical (unpaired) electrons. The lowest BCUT2D eigenvalue weighted by molar-refractivity contribution is 0.296. The van der Waals surface area contributed by atoms with Crippen LogP contribution < -0.4 is 0 Å². The van der Waals surface area contributed by atoms with E-state index in [2.05, 4.69) is 38.4 Å². The number of hydrogen-bond acceptors (Lipinski definition) is 3. The summed E-state index contributed by atoms with van der Waals surface area (Å²) >= 11 is 3.98. The van der Waals surface area contributed by atoms with Gasteiger partial charge in [0.25, 0.3) is 0 Å².